The molecule has 0 saturated carbocycles. The van der Waals surface area contributed by atoms with E-state index in [1.54, 1.807) is 6.33 Å². The topological polar surface area (TPSA) is 114 Å². The van der Waals surface area contributed by atoms with Gasteiger partial charge in [-0.3, -0.25) is 9.59 Å². The highest BCUT2D eigenvalue weighted by Gasteiger charge is 2.39. The molecule has 0 unspecified atom stereocenters. The Morgan fingerprint density at radius 3 is 1.79 bits per heavy atom. The van der Waals surface area contributed by atoms with Gasteiger partial charge in [0, 0.05) is 19.2 Å². The van der Waals surface area contributed by atoms with Crippen molar-refractivity contribution in [2.75, 3.05) is 6.54 Å². The summed E-state index contributed by atoms with van der Waals surface area (Å²) in [6.07, 6.45) is 2.79. The third kappa shape index (κ3) is 8.27. The fraction of sp³-hybridized carbons (Fsp3) is 0.163. The number of carbonyl (C=O) groups excluding carboxylic acids is 2. The first-order chi connectivity index (χ1) is 25.3. The molecule has 2 N–H and O–H groups in total. The Labute approximate surface area is 303 Å². The van der Waals surface area contributed by atoms with Crippen LogP contribution in [0.5, 0.6) is 0 Å². The summed E-state index contributed by atoms with van der Waals surface area (Å²) in [6, 6.07) is 45.9. The van der Waals surface area contributed by atoms with Crippen molar-refractivity contribution in [2.24, 2.45) is 0 Å². The molecule has 0 saturated heterocycles. The maximum atomic E-state index is 14.3. The summed E-state index contributed by atoms with van der Waals surface area (Å²) in [4.78, 5) is 45.6. The van der Waals surface area contributed by atoms with E-state index in [-0.39, 0.29) is 19.6 Å². The number of aliphatic carboxylic acids is 1. The molecule has 9 heteroatoms. The van der Waals surface area contributed by atoms with Gasteiger partial charge in [0.05, 0.1) is 12.0 Å². The highest BCUT2D eigenvalue weighted by molar-refractivity contribution is 5.88. The Bertz CT molecular complexity index is 1970. The van der Waals surface area contributed by atoms with Crippen molar-refractivity contribution >= 4 is 18.0 Å². The van der Waals surface area contributed by atoms with Gasteiger partial charge in [0.25, 0.3) is 0 Å². The molecule has 0 aliphatic heterocycles. The number of rotatable bonds is 14. The SMILES string of the molecule is Cc1ccc(CN(CC(=O)O)C(=O)[C@H](Cc2cn(C(c3ccccc3)(c3ccccc3)c3ccccc3)cn2)NC(=O)OCc2ccccc2)cc1. The third-order valence-electron chi connectivity index (χ3n) is 8.95. The van der Waals surface area contributed by atoms with E-state index < -0.39 is 36.1 Å². The molecule has 52 heavy (non-hydrogen) atoms. The van der Waals surface area contributed by atoms with E-state index in [0.717, 1.165) is 33.4 Å². The molecule has 6 rings (SSSR count). The Balaban J connectivity index is 1.37. The monoisotopic (exact) mass is 692 g/mol. The second kappa shape index (κ2) is 16.5. The molecule has 262 valence electrons. The molecule has 1 heterocycles. The van der Waals surface area contributed by atoms with Crippen molar-refractivity contribution < 1.29 is 24.2 Å². The summed E-state index contributed by atoms with van der Waals surface area (Å²) in [5.41, 5.74) is 5.25. The summed E-state index contributed by atoms with van der Waals surface area (Å²) >= 11 is 0. The van der Waals surface area contributed by atoms with Crippen LogP contribution in [0.3, 0.4) is 0 Å². The molecular weight excluding hydrogens is 652 g/mol. The van der Waals surface area contributed by atoms with E-state index in [1.807, 2.05) is 127 Å². The van der Waals surface area contributed by atoms with Crippen molar-refractivity contribution in [3.8, 4) is 0 Å². The van der Waals surface area contributed by atoms with Crippen LogP contribution in [0.15, 0.2) is 158 Å². The van der Waals surface area contributed by atoms with E-state index in [9.17, 15) is 19.5 Å². The average Bonchev–Trinajstić information content (AvgIpc) is 3.64. The van der Waals surface area contributed by atoms with Gasteiger partial charge >= 0.3 is 12.1 Å². The molecule has 1 aromatic heterocycles. The summed E-state index contributed by atoms with van der Waals surface area (Å²) in [7, 11) is 0. The number of hydrogen-bond donors (Lipinski definition) is 2. The quantitative estimate of drug-likeness (QED) is 0.119. The summed E-state index contributed by atoms with van der Waals surface area (Å²) in [5.74, 6) is -1.75. The van der Waals surface area contributed by atoms with Gasteiger partial charge in [-0.1, -0.05) is 151 Å². The number of nitrogens with zero attached hydrogens (tertiary/aromatic N) is 3. The van der Waals surface area contributed by atoms with Gasteiger partial charge in [-0.2, -0.15) is 0 Å². The van der Waals surface area contributed by atoms with Gasteiger partial charge in [-0.05, 0) is 34.7 Å². The summed E-state index contributed by atoms with van der Waals surface area (Å²) < 4.78 is 7.54. The molecule has 5 aromatic carbocycles. The molecule has 1 atom stereocenters. The van der Waals surface area contributed by atoms with Gasteiger partial charge < -0.3 is 24.6 Å². The lowest BCUT2D eigenvalue weighted by Crippen LogP contribution is -2.50. The normalized spacial score (nSPS) is 11.7. The number of nitrogens with one attached hydrogen (secondary N) is 1. The van der Waals surface area contributed by atoms with Crippen LogP contribution in [0.4, 0.5) is 4.79 Å². The number of ether oxygens (including phenoxy) is 1. The molecule has 0 spiro atoms. The fourth-order valence-corrected chi connectivity index (χ4v) is 6.46. The van der Waals surface area contributed by atoms with E-state index in [0.29, 0.717) is 5.69 Å². The molecular formula is C43H40N4O5. The standard InChI is InChI=1S/C43H40N4O5/c1-32-22-24-33(25-23-32)27-46(29-40(48)49)41(50)39(45-42(51)52-30-34-14-6-2-7-15-34)26-38-28-47(31-44-38)43(35-16-8-3-9-17-35,36-18-10-4-11-19-36)37-20-12-5-13-21-37/h2-25,28,31,39H,26-27,29-30H2,1H3,(H,45,51)(H,48,49)/t39-/m0/s1. The number of benzene rings is 5. The van der Waals surface area contributed by atoms with E-state index >= 15 is 0 Å². The van der Waals surface area contributed by atoms with Crippen molar-refractivity contribution in [1.29, 1.82) is 0 Å². The number of carboxylic acid groups (broad SMARTS) is 1. The first-order valence-electron chi connectivity index (χ1n) is 17.1. The van der Waals surface area contributed by atoms with Crippen LogP contribution in [0.1, 0.15) is 39.1 Å². The zero-order valence-corrected chi connectivity index (χ0v) is 28.8. The van der Waals surface area contributed by atoms with Gasteiger partial charge in [0.1, 0.15) is 24.7 Å². The number of aryl methyl sites for hydroxylation is 1. The lowest BCUT2D eigenvalue weighted by Gasteiger charge is -2.37. The zero-order valence-electron chi connectivity index (χ0n) is 28.8. The fourth-order valence-electron chi connectivity index (χ4n) is 6.46. The van der Waals surface area contributed by atoms with Crippen molar-refractivity contribution in [1.82, 2.24) is 19.8 Å². The number of carbonyl (C=O) groups is 3. The molecule has 0 aliphatic carbocycles. The van der Waals surface area contributed by atoms with Crippen molar-refractivity contribution in [3.05, 3.63) is 197 Å². The number of alkyl carbamates (subject to hydrolysis) is 1. The summed E-state index contributed by atoms with van der Waals surface area (Å²) in [5, 5.41) is 12.5. The lowest BCUT2D eigenvalue weighted by atomic mass is 9.77. The smallest absolute Gasteiger partial charge is 0.408 e. The summed E-state index contributed by atoms with van der Waals surface area (Å²) in [6.45, 7) is 1.43. The van der Waals surface area contributed by atoms with Crippen LogP contribution in [-0.2, 0) is 39.4 Å². The van der Waals surface area contributed by atoms with E-state index in [1.165, 1.54) is 4.90 Å². The van der Waals surface area contributed by atoms with Gasteiger partial charge in [-0.25, -0.2) is 9.78 Å². The Kier molecular flexibility index (Phi) is 11.2. The van der Waals surface area contributed by atoms with Crippen molar-refractivity contribution in [2.45, 2.75) is 38.1 Å². The largest absolute Gasteiger partial charge is 0.480 e. The molecule has 0 aliphatic rings. The zero-order chi connectivity index (χ0) is 36.3. The third-order valence-corrected chi connectivity index (χ3v) is 8.95. The van der Waals surface area contributed by atoms with E-state index in [2.05, 4.69) is 41.7 Å². The molecule has 0 radical (unpaired) electrons. The molecule has 6 aromatic rings. The molecule has 0 fully saturated rings. The van der Waals surface area contributed by atoms with Gasteiger partial charge in [-0.15, -0.1) is 0 Å². The van der Waals surface area contributed by atoms with Crippen LogP contribution in [0.25, 0.3) is 0 Å². The maximum Gasteiger partial charge on any atom is 0.408 e. The van der Waals surface area contributed by atoms with Gasteiger partial charge in [0.15, 0.2) is 0 Å². The average molecular weight is 693 g/mol. The number of imidazole rings is 1. The van der Waals surface area contributed by atoms with Crippen LogP contribution in [-0.4, -0.2) is 50.1 Å². The van der Waals surface area contributed by atoms with Crippen LogP contribution in [0.2, 0.25) is 0 Å². The minimum Gasteiger partial charge on any atom is -0.480 e. The minimum atomic E-state index is -1.18. The first-order valence-corrected chi connectivity index (χ1v) is 17.1. The molecule has 9 nitrogen and oxygen atoms in total. The Hall–Kier alpha value is -6.48. The van der Waals surface area contributed by atoms with Crippen LogP contribution < -0.4 is 5.32 Å². The number of hydrogen-bond acceptors (Lipinski definition) is 5. The number of amides is 2. The molecule has 2 amide bonds. The highest BCUT2D eigenvalue weighted by atomic mass is 16.5. The second-order valence-electron chi connectivity index (χ2n) is 12.6. The minimum absolute atomic E-state index is 0.00182. The number of carboxylic acids is 1. The van der Waals surface area contributed by atoms with Crippen LogP contribution in [0, 0.1) is 6.92 Å². The lowest BCUT2D eigenvalue weighted by molar-refractivity contribution is -0.145. The predicted molar refractivity (Wildman–Crippen MR) is 198 cm³/mol. The maximum absolute atomic E-state index is 14.3. The Morgan fingerprint density at radius 2 is 1.27 bits per heavy atom. The van der Waals surface area contributed by atoms with E-state index in [4.69, 9.17) is 9.72 Å². The molecule has 0 bridgehead atoms. The number of aromatic nitrogens is 2. The van der Waals surface area contributed by atoms with Crippen LogP contribution >= 0.6 is 0 Å². The Morgan fingerprint density at radius 1 is 0.750 bits per heavy atom. The predicted octanol–water partition coefficient (Wildman–Crippen LogP) is 6.98. The first kappa shape index (κ1) is 35.3. The second-order valence-corrected chi connectivity index (χ2v) is 12.6. The van der Waals surface area contributed by atoms with Gasteiger partial charge in [0.2, 0.25) is 5.91 Å². The van der Waals surface area contributed by atoms with Crippen molar-refractivity contribution in [3.63, 3.8) is 0 Å². The highest BCUT2D eigenvalue weighted by Crippen LogP contribution is 2.40.